The number of ether oxygens (including phenoxy) is 1. The van der Waals surface area contributed by atoms with Crippen LogP contribution in [0.3, 0.4) is 0 Å². The van der Waals surface area contributed by atoms with Crippen molar-refractivity contribution in [3.63, 3.8) is 0 Å². The molecule has 2 aliphatic heterocycles. The molecule has 1 aromatic rings. The van der Waals surface area contributed by atoms with Crippen molar-refractivity contribution in [1.82, 2.24) is 14.9 Å². The fourth-order valence-corrected chi connectivity index (χ4v) is 2.46. The molecule has 3 heterocycles. The minimum atomic E-state index is -1.00. The van der Waals surface area contributed by atoms with E-state index in [4.69, 9.17) is 9.84 Å². The molecule has 96 valence electrons. The van der Waals surface area contributed by atoms with Gasteiger partial charge in [0.05, 0.1) is 18.8 Å². The van der Waals surface area contributed by atoms with E-state index in [1.54, 1.807) is 6.20 Å². The molecular weight excluding hydrogens is 238 g/mol. The third kappa shape index (κ3) is 1.76. The lowest BCUT2D eigenvalue weighted by Crippen LogP contribution is -2.46. The summed E-state index contributed by atoms with van der Waals surface area (Å²) in [5.74, 6) is 0.304. The molecular formula is C11H13N3O4. The Balaban J connectivity index is 1.87. The van der Waals surface area contributed by atoms with Crippen molar-refractivity contribution in [2.24, 2.45) is 0 Å². The van der Waals surface area contributed by atoms with Crippen LogP contribution in [0, 0.1) is 0 Å². The number of carboxylic acid groups (broad SMARTS) is 1. The number of rotatable bonds is 2. The SMILES string of the molecule is O=C1CC(C(=O)O)NC(c2ncc3n2CCO3)C1. The number of hydrogen-bond donors (Lipinski definition) is 2. The number of hydrogen-bond acceptors (Lipinski definition) is 5. The summed E-state index contributed by atoms with van der Waals surface area (Å²) in [6.07, 6.45) is 1.93. The van der Waals surface area contributed by atoms with Crippen LogP contribution in [0.2, 0.25) is 0 Å². The number of piperidine rings is 1. The van der Waals surface area contributed by atoms with Crippen molar-refractivity contribution in [2.75, 3.05) is 6.61 Å². The average molecular weight is 251 g/mol. The molecule has 1 aromatic heterocycles. The van der Waals surface area contributed by atoms with Crippen molar-refractivity contribution >= 4 is 11.8 Å². The van der Waals surface area contributed by atoms with Crippen LogP contribution in [0.1, 0.15) is 24.7 Å². The molecule has 0 saturated carbocycles. The molecule has 7 nitrogen and oxygen atoms in total. The minimum Gasteiger partial charge on any atom is -0.480 e. The first-order valence-electron chi connectivity index (χ1n) is 5.84. The monoisotopic (exact) mass is 251 g/mol. The summed E-state index contributed by atoms with van der Waals surface area (Å²) in [6.45, 7) is 1.28. The van der Waals surface area contributed by atoms with E-state index in [2.05, 4.69) is 10.3 Å². The number of nitrogens with zero attached hydrogens (tertiary/aromatic N) is 2. The van der Waals surface area contributed by atoms with E-state index in [-0.39, 0.29) is 24.7 Å². The molecule has 2 N–H and O–H groups in total. The highest BCUT2D eigenvalue weighted by molar-refractivity contribution is 5.87. The number of carbonyl (C=O) groups excluding carboxylic acids is 1. The van der Waals surface area contributed by atoms with Crippen LogP contribution < -0.4 is 10.1 Å². The number of nitrogens with one attached hydrogen (secondary N) is 1. The first-order valence-corrected chi connectivity index (χ1v) is 5.84. The first kappa shape index (κ1) is 11.2. The molecule has 1 fully saturated rings. The summed E-state index contributed by atoms with van der Waals surface area (Å²) in [4.78, 5) is 26.8. The molecule has 0 radical (unpaired) electrons. The van der Waals surface area contributed by atoms with Crippen LogP contribution in [0.25, 0.3) is 0 Å². The normalized spacial score (nSPS) is 26.8. The van der Waals surface area contributed by atoms with E-state index < -0.39 is 12.0 Å². The molecule has 2 unspecified atom stereocenters. The van der Waals surface area contributed by atoms with Crippen molar-refractivity contribution in [3.05, 3.63) is 12.0 Å². The van der Waals surface area contributed by atoms with Crippen molar-refractivity contribution < 1.29 is 19.4 Å². The van der Waals surface area contributed by atoms with Gasteiger partial charge in [-0.15, -0.1) is 0 Å². The second-order valence-corrected chi connectivity index (χ2v) is 4.51. The lowest BCUT2D eigenvalue weighted by atomic mass is 9.97. The summed E-state index contributed by atoms with van der Waals surface area (Å²) in [5, 5.41) is 12.0. The van der Waals surface area contributed by atoms with Crippen molar-refractivity contribution in [2.45, 2.75) is 31.5 Å². The Bertz CT molecular complexity index is 510. The Hall–Kier alpha value is -1.89. The van der Waals surface area contributed by atoms with Crippen molar-refractivity contribution in [1.29, 1.82) is 0 Å². The number of Topliss-reactive ketones (excluding diaryl/α,β-unsaturated/α-hetero) is 1. The second kappa shape index (κ2) is 4.09. The fraction of sp³-hybridized carbons (Fsp3) is 0.545. The average Bonchev–Trinajstić information content (AvgIpc) is 2.89. The van der Waals surface area contributed by atoms with E-state index in [0.717, 1.165) is 0 Å². The second-order valence-electron chi connectivity index (χ2n) is 4.51. The Labute approximate surface area is 103 Å². The lowest BCUT2D eigenvalue weighted by Gasteiger charge is -2.27. The Kier molecular flexibility index (Phi) is 2.55. The van der Waals surface area contributed by atoms with Gasteiger partial charge in [0.2, 0.25) is 5.88 Å². The topological polar surface area (TPSA) is 93.5 Å². The molecule has 0 aliphatic carbocycles. The van der Waals surface area contributed by atoms with Gasteiger partial charge in [-0.05, 0) is 0 Å². The van der Waals surface area contributed by atoms with Gasteiger partial charge in [-0.3, -0.25) is 19.5 Å². The number of ketones is 1. The predicted molar refractivity (Wildman–Crippen MR) is 59.3 cm³/mol. The summed E-state index contributed by atoms with van der Waals surface area (Å²) in [7, 11) is 0. The Morgan fingerprint density at radius 2 is 2.39 bits per heavy atom. The van der Waals surface area contributed by atoms with Crippen LogP contribution in [0.5, 0.6) is 5.88 Å². The van der Waals surface area contributed by atoms with Crippen LogP contribution in [-0.4, -0.2) is 39.1 Å². The quantitative estimate of drug-likeness (QED) is 0.751. The zero-order chi connectivity index (χ0) is 12.7. The minimum absolute atomic E-state index is 0.0376. The maximum Gasteiger partial charge on any atom is 0.321 e. The van der Waals surface area contributed by atoms with E-state index in [0.29, 0.717) is 24.9 Å². The van der Waals surface area contributed by atoms with Crippen LogP contribution >= 0.6 is 0 Å². The zero-order valence-electron chi connectivity index (χ0n) is 9.63. The van der Waals surface area contributed by atoms with Crippen molar-refractivity contribution in [3.8, 4) is 5.88 Å². The summed E-state index contributed by atoms with van der Waals surface area (Å²) < 4.78 is 7.23. The van der Waals surface area contributed by atoms with Gasteiger partial charge in [0.15, 0.2) is 0 Å². The maximum atomic E-state index is 11.6. The van der Waals surface area contributed by atoms with Crippen LogP contribution in [0.4, 0.5) is 0 Å². The molecule has 0 aromatic carbocycles. The fourth-order valence-electron chi connectivity index (χ4n) is 2.46. The Morgan fingerprint density at radius 3 is 3.17 bits per heavy atom. The highest BCUT2D eigenvalue weighted by Crippen LogP contribution is 2.28. The summed E-state index contributed by atoms with van der Waals surface area (Å²) in [5.41, 5.74) is 0. The third-order valence-electron chi connectivity index (χ3n) is 3.29. The highest BCUT2D eigenvalue weighted by atomic mass is 16.5. The number of carboxylic acids is 1. The molecule has 2 aliphatic rings. The van der Waals surface area contributed by atoms with Gasteiger partial charge in [-0.25, -0.2) is 4.98 Å². The van der Waals surface area contributed by atoms with Gasteiger partial charge >= 0.3 is 5.97 Å². The van der Waals surface area contributed by atoms with Gasteiger partial charge in [0.1, 0.15) is 24.3 Å². The largest absolute Gasteiger partial charge is 0.480 e. The van der Waals surface area contributed by atoms with E-state index in [1.165, 1.54) is 0 Å². The van der Waals surface area contributed by atoms with E-state index in [1.807, 2.05) is 4.57 Å². The third-order valence-corrected chi connectivity index (χ3v) is 3.29. The standard InChI is InChI=1S/C11H13N3O4/c15-6-3-7(13-8(4-6)11(16)17)10-12-5-9-14(10)1-2-18-9/h5,7-8,13H,1-4H2,(H,16,17). The summed E-state index contributed by atoms with van der Waals surface area (Å²) >= 11 is 0. The molecule has 0 spiro atoms. The van der Waals surface area contributed by atoms with Gasteiger partial charge in [-0.1, -0.05) is 0 Å². The number of aliphatic carboxylic acids is 1. The molecule has 18 heavy (non-hydrogen) atoms. The van der Waals surface area contributed by atoms with Gasteiger partial charge in [0, 0.05) is 12.8 Å². The van der Waals surface area contributed by atoms with E-state index in [9.17, 15) is 9.59 Å². The van der Waals surface area contributed by atoms with Gasteiger partial charge in [-0.2, -0.15) is 0 Å². The van der Waals surface area contributed by atoms with Gasteiger partial charge < -0.3 is 9.84 Å². The van der Waals surface area contributed by atoms with Gasteiger partial charge in [0.25, 0.3) is 0 Å². The lowest BCUT2D eigenvalue weighted by molar-refractivity contribution is -0.143. The highest BCUT2D eigenvalue weighted by Gasteiger charge is 2.34. The molecule has 3 rings (SSSR count). The number of aromatic nitrogens is 2. The maximum absolute atomic E-state index is 11.6. The smallest absolute Gasteiger partial charge is 0.321 e. The first-order chi connectivity index (χ1) is 8.65. The molecule has 0 bridgehead atoms. The van der Waals surface area contributed by atoms with E-state index >= 15 is 0 Å². The zero-order valence-corrected chi connectivity index (χ0v) is 9.63. The molecule has 0 amide bonds. The predicted octanol–water partition coefficient (Wildman–Crippen LogP) is -0.278. The van der Waals surface area contributed by atoms with Crippen LogP contribution in [-0.2, 0) is 16.1 Å². The summed E-state index contributed by atoms with van der Waals surface area (Å²) in [6, 6.07) is -1.17. The number of carbonyl (C=O) groups is 2. The molecule has 7 heteroatoms. The number of imidazole rings is 1. The molecule has 1 saturated heterocycles. The van der Waals surface area contributed by atoms with Crippen LogP contribution in [0.15, 0.2) is 6.20 Å². The Morgan fingerprint density at radius 1 is 1.56 bits per heavy atom. The molecule has 2 atom stereocenters. The number of fused-ring (bicyclic) bond motifs is 1.